The summed E-state index contributed by atoms with van der Waals surface area (Å²) in [6, 6.07) is 0. The molecule has 3 N–H and O–H groups in total. The number of hydrogen-bond donors (Lipinski definition) is 2. The van der Waals surface area contributed by atoms with Gasteiger partial charge in [-0.25, -0.2) is 13.4 Å². The average Bonchev–Trinajstić information content (AvgIpc) is 2.65. The van der Waals surface area contributed by atoms with Crippen molar-refractivity contribution < 1.29 is 8.42 Å². The SMILES string of the molecule is CCc1ncc(S(=O)(=O)N(C)CC(N)=S)[nH]1. The number of aromatic nitrogens is 2. The number of sulfonamides is 1. The van der Waals surface area contributed by atoms with Crippen molar-refractivity contribution in [3.63, 3.8) is 0 Å². The highest BCUT2D eigenvalue weighted by Gasteiger charge is 2.23. The molecule has 0 spiro atoms. The Bertz CT molecular complexity index is 480. The molecule has 8 heteroatoms. The first kappa shape index (κ1) is 13.1. The lowest BCUT2D eigenvalue weighted by Crippen LogP contribution is -2.34. The van der Waals surface area contributed by atoms with Crippen molar-refractivity contribution in [3.8, 4) is 0 Å². The molecular formula is C8H14N4O2S2. The second-order valence-corrected chi connectivity index (χ2v) is 5.81. The zero-order chi connectivity index (χ0) is 12.3. The molecule has 0 aliphatic heterocycles. The van der Waals surface area contributed by atoms with Crippen molar-refractivity contribution >= 4 is 27.2 Å². The first-order valence-corrected chi connectivity index (χ1v) is 6.51. The summed E-state index contributed by atoms with van der Waals surface area (Å²) in [6.07, 6.45) is 1.94. The second kappa shape index (κ2) is 4.89. The molecule has 0 radical (unpaired) electrons. The van der Waals surface area contributed by atoms with E-state index in [-0.39, 0.29) is 16.6 Å². The van der Waals surface area contributed by atoms with Crippen LogP contribution in [0.4, 0.5) is 0 Å². The lowest BCUT2D eigenvalue weighted by atomic mass is 10.5. The van der Waals surface area contributed by atoms with Crippen molar-refractivity contribution in [2.45, 2.75) is 18.4 Å². The Morgan fingerprint density at radius 2 is 2.31 bits per heavy atom. The number of rotatable bonds is 5. The molecule has 16 heavy (non-hydrogen) atoms. The van der Waals surface area contributed by atoms with E-state index in [4.69, 9.17) is 5.73 Å². The van der Waals surface area contributed by atoms with Crippen LogP contribution in [0.3, 0.4) is 0 Å². The Hall–Kier alpha value is -0.990. The third kappa shape index (κ3) is 2.77. The number of imidazole rings is 1. The first-order valence-electron chi connectivity index (χ1n) is 4.66. The summed E-state index contributed by atoms with van der Waals surface area (Å²) in [5, 5.41) is 0.0584. The molecule has 0 atom stereocenters. The highest BCUT2D eigenvalue weighted by Crippen LogP contribution is 2.11. The van der Waals surface area contributed by atoms with Crippen LogP contribution < -0.4 is 5.73 Å². The van der Waals surface area contributed by atoms with Crippen molar-refractivity contribution in [1.29, 1.82) is 0 Å². The van der Waals surface area contributed by atoms with Gasteiger partial charge < -0.3 is 10.7 Å². The van der Waals surface area contributed by atoms with Crippen LogP contribution in [0, 0.1) is 0 Å². The zero-order valence-electron chi connectivity index (χ0n) is 9.10. The van der Waals surface area contributed by atoms with E-state index >= 15 is 0 Å². The molecule has 0 aliphatic carbocycles. The molecule has 1 rings (SSSR count). The predicted molar refractivity (Wildman–Crippen MR) is 64.6 cm³/mol. The summed E-state index contributed by atoms with van der Waals surface area (Å²) in [6.45, 7) is 1.89. The molecule has 0 saturated carbocycles. The first-order chi connectivity index (χ1) is 7.37. The summed E-state index contributed by atoms with van der Waals surface area (Å²) in [4.78, 5) is 6.80. The van der Waals surface area contributed by atoms with E-state index in [0.717, 1.165) is 4.31 Å². The molecule has 0 aromatic carbocycles. The fourth-order valence-electron chi connectivity index (χ4n) is 1.13. The molecule has 1 aromatic heterocycles. The van der Waals surface area contributed by atoms with Crippen LogP contribution in [-0.4, -0.2) is 41.3 Å². The van der Waals surface area contributed by atoms with E-state index in [0.29, 0.717) is 12.2 Å². The normalized spacial score (nSPS) is 11.9. The van der Waals surface area contributed by atoms with Crippen LogP contribution >= 0.6 is 12.2 Å². The molecule has 0 bridgehead atoms. The van der Waals surface area contributed by atoms with Crippen molar-refractivity contribution in [2.24, 2.45) is 5.73 Å². The van der Waals surface area contributed by atoms with E-state index in [1.165, 1.54) is 13.2 Å². The highest BCUT2D eigenvalue weighted by molar-refractivity contribution is 7.89. The van der Waals surface area contributed by atoms with E-state index < -0.39 is 10.0 Å². The van der Waals surface area contributed by atoms with Gasteiger partial charge >= 0.3 is 0 Å². The second-order valence-electron chi connectivity index (χ2n) is 3.28. The lowest BCUT2D eigenvalue weighted by molar-refractivity contribution is 0.503. The van der Waals surface area contributed by atoms with Gasteiger partial charge in [-0.2, -0.15) is 4.31 Å². The van der Waals surface area contributed by atoms with Gasteiger partial charge in [-0.15, -0.1) is 0 Å². The van der Waals surface area contributed by atoms with Gasteiger partial charge in [-0.05, 0) is 0 Å². The quantitative estimate of drug-likeness (QED) is 0.722. The molecule has 90 valence electrons. The fourth-order valence-corrected chi connectivity index (χ4v) is 2.48. The van der Waals surface area contributed by atoms with E-state index in [1.54, 1.807) is 0 Å². The molecule has 6 nitrogen and oxygen atoms in total. The van der Waals surface area contributed by atoms with Gasteiger partial charge in [0.25, 0.3) is 10.0 Å². The van der Waals surface area contributed by atoms with Gasteiger partial charge in [0.1, 0.15) is 5.82 Å². The van der Waals surface area contributed by atoms with Crippen LogP contribution in [0.5, 0.6) is 0 Å². The maximum atomic E-state index is 11.9. The van der Waals surface area contributed by atoms with Gasteiger partial charge in [0.2, 0.25) is 0 Å². The third-order valence-electron chi connectivity index (χ3n) is 2.01. The third-order valence-corrected chi connectivity index (χ3v) is 3.85. The summed E-state index contributed by atoms with van der Waals surface area (Å²) in [5.74, 6) is 0.627. The molecule has 1 heterocycles. The summed E-state index contributed by atoms with van der Waals surface area (Å²) in [5.41, 5.74) is 5.30. The van der Waals surface area contributed by atoms with Crippen LogP contribution in [0.1, 0.15) is 12.7 Å². The summed E-state index contributed by atoms with van der Waals surface area (Å²) < 4.78 is 25.0. The zero-order valence-corrected chi connectivity index (χ0v) is 10.7. The van der Waals surface area contributed by atoms with Gasteiger partial charge in [-0.1, -0.05) is 19.1 Å². The fraction of sp³-hybridized carbons (Fsp3) is 0.500. The molecule has 1 aromatic rings. The number of nitrogens with zero attached hydrogens (tertiary/aromatic N) is 2. The summed E-state index contributed by atoms with van der Waals surface area (Å²) in [7, 11) is -2.16. The van der Waals surface area contributed by atoms with E-state index in [2.05, 4.69) is 22.2 Å². The molecule has 0 aliphatic rings. The van der Waals surface area contributed by atoms with Crippen molar-refractivity contribution in [1.82, 2.24) is 14.3 Å². The minimum absolute atomic E-state index is 0.0120. The highest BCUT2D eigenvalue weighted by atomic mass is 32.2. The number of nitrogens with one attached hydrogen (secondary N) is 1. The average molecular weight is 262 g/mol. The van der Waals surface area contributed by atoms with Gasteiger partial charge in [0.15, 0.2) is 5.03 Å². The van der Waals surface area contributed by atoms with Crippen molar-refractivity contribution in [2.75, 3.05) is 13.6 Å². The minimum Gasteiger partial charge on any atom is -0.392 e. The Labute approximate surface area is 99.9 Å². The largest absolute Gasteiger partial charge is 0.392 e. The van der Waals surface area contributed by atoms with Gasteiger partial charge in [0, 0.05) is 13.5 Å². The van der Waals surface area contributed by atoms with Gasteiger partial charge in [-0.3, -0.25) is 0 Å². The number of aromatic amines is 1. The monoisotopic (exact) mass is 262 g/mol. The summed E-state index contributed by atoms with van der Waals surface area (Å²) >= 11 is 4.66. The number of nitrogens with two attached hydrogens (primary N) is 1. The van der Waals surface area contributed by atoms with Gasteiger partial charge in [0.05, 0.1) is 17.7 Å². The molecule has 0 saturated heterocycles. The number of aryl methyl sites for hydroxylation is 1. The molecule has 0 fully saturated rings. The lowest BCUT2D eigenvalue weighted by Gasteiger charge is -2.14. The van der Waals surface area contributed by atoms with Crippen LogP contribution in [-0.2, 0) is 16.4 Å². The Balaban J connectivity index is 2.97. The minimum atomic E-state index is -3.58. The maximum absolute atomic E-state index is 11.9. The molecule has 0 unspecified atom stereocenters. The number of hydrogen-bond acceptors (Lipinski definition) is 4. The van der Waals surface area contributed by atoms with Crippen LogP contribution in [0.25, 0.3) is 0 Å². The Kier molecular flexibility index (Phi) is 4.00. The molecular weight excluding hydrogens is 248 g/mol. The Morgan fingerprint density at radius 3 is 2.75 bits per heavy atom. The predicted octanol–water partition coefficient (Wildman–Crippen LogP) is -0.121. The molecule has 0 amide bonds. The Morgan fingerprint density at radius 1 is 1.69 bits per heavy atom. The topological polar surface area (TPSA) is 92.1 Å². The number of thiocarbonyl (C=S) groups is 1. The van der Waals surface area contributed by atoms with E-state index in [1.807, 2.05) is 6.92 Å². The smallest absolute Gasteiger partial charge is 0.260 e. The van der Waals surface area contributed by atoms with Crippen LogP contribution in [0.2, 0.25) is 0 Å². The van der Waals surface area contributed by atoms with Crippen LogP contribution in [0.15, 0.2) is 11.2 Å². The standard InChI is InChI=1S/C8H14N4O2S2/c1-3-7-10-4-8(11-7)16(13,14)12(2)5-6(9)15/h4H,3,5H2,1-2H3,(H2,9,15)(H,10,11). The maximum Gasteiger partial charge on any atom is 0.260 e. The van der Waals surface area contributed by atoms with E-state index in [9.17, 15) is 8.42 Å². The number of likely N-dealkylation sites (N-methyl/N-ethyl adjacent to an activating group) is 1. The van der Waals surface area contributed by atoms with Crippen molar-refractivity contribution in [3.05, 3.63) is 12.0 Å². The number of H-pyrrole nitrogens is 1.